The fourth-order valence-electron chi connectivity index (χ4n) is 3.25. The Kier molecular flexibility index (Phi) is 4.94. The topological polar surface area (TPSA) is 69.0 Å². The standard InChI is InChI=1S/C22H19ClN4O2/c1-13-12-17(22(28)25-19-7-5-4-6-18(19)23)20-14(2)26-27(21(20)24-13)15-8-10-16(29-3)11-9-15/h4-12H,1-3H3,(H,25,28). The molecule has 2 heterocycles. The summed E-state index contributed by atoms with van der Waals surface area (Å²) < 4.78 is 6.96. The minimum atomic E-state index is -0.258. The molecule has 0 saturated carbocycles. The first-order chi connectivity index (χ1) is 14.0. The number of methoxy groups -OCH3 is 1. The number of rotatable bonds is 4. The third-order valence-electron chi connectivity index (χ3n) is 4.62. The van der Waals surface area contributed by atoms with E-state index >= 15 is 0 Å². The van der Waals surface area contributed by atoms with Gasteiger partial charge in [0.2, 0.25) is 0 Å². The van der Waals surface area contributed by atoms with E-state index in [4.69, 9.17) is 16.3 Å². The van der Waals surface area contributed by atoms with Gasteiger partial charge in [0.15, 0.2) is 5.65 Å². The van der Waals surface area contributed by atoms with Gasteiger partial charge in [0.25, 0.3) is 5.91 Å². The van der Waals surface area contributed by atoms with E-state index < -0.39 is 0 Å². The van der Waals surface area contributed by atoms with E-state index in [1.807, 2.05) is 50.2 Å². The minimum Gasteiger partial charge on any atom is -0.497 e. The Hall–Kier alpha value is -3.38. The first kappa shape index (κ1) is 19.0. The summed E-state index contributed by atoms with van der Waals surface area (Å²) in [7, 11) is 1.62. The molecule has 2 aromatic heterocycles. The lowest BCUT2D eigenvalue weighted by Crippen LogP contribution is -2.13. The Balaban J connectivity index is 1.82. The molecule has 1 N–H and O–H groups in total. The van der Waals surface area contributed by atoms with Crippen LogP contribution in [0.1, 0.15) is 21.7 Å². The summed E-state index contributed by atoms with van der Waals surface area (Å²) in [5.41, 5.74) is 3.95. The number of nitrogens with zero attached hydrogens (tertiary/aromatic N) is 3. The first-order valence-corrected chi connectivity index (χ1v) is 9.43. The van der Waals surface area contributed by atoms with Crippen LogP contribution in [0.15, 0.2) is 54.6 Å². The fourth-order valence-corrected chi connectivity index (χ4v) is 3.43. The van der Waals surface area contributed by atoms with Gasteiger partial charge in [0.05, 0.1) is 40.2 Å². The monoisotopic (exact) mass is 406 g/mol. The van der Waals surface area contributed by atoms with E-state index in [1.54, 1.807) is 30.0 Å². The van der Waals surface area contributed by atoms with Crippen molar-refractivity contribution in [1.82, 2.24) is 14.8 Å². The van der Waals surface area contributed by atoms with Gasteiger partial charge >= 0.3 is 0 Å². The van der Waals surface area contributed by atoms with E-state index in [-0.39, 0.29) is 5.91 Å². The molecule has 0 radical (unpaired) electrons. The Morgan fingerprint density at radius 1 is 1.10 bits per heavy atom. The number of hydrogen-bond donors (Lipinski definition) is 1. The van der Waals surface area contributed by atoms with Crippen LogP contribution in [0.25, 0.3) is 16.7 Å². The van der Waals surface area contributed by atoms with E-state index in [1.165, 1.54) is 0 Å². The molecule has 0 fully saturated rings. The van der Waals surface area contributed by atoms with Crippen LogP contribution in [0.3, 0.4) is 0 Å². The van der Waals surface area contributed by atoms with Crippen molar-refractivity contribution in [2.45, 2.75) is 13.8 Å². The third kappa shape index (κ3) is 3.54. The summed E-state index contributed by atoms with van der Waals surface area (Å²) in [5.74, 6) is 0.497. The van der Waals surface area contributed by atoms with Gasteiger partial charge in [-0.3, -0.25) is 4.79 Å². The third-order valence-corrected chi connectivity index (χ3v) is 4.95. The lowest BCUT2D eigenvalue weighted by Gasteiger charge is -2.09. The summed E-state index contributed by atoms with van der Waals surface area (Å²) in [4.78, 5) is 17.7. The molecule has 2 aromatic carbocycles. The molecule has 4 aromatic rings. The predicted molar refractivity (Wildman–Crippen MR) is 114 cm³/mol. The normalized spacial score (nSPS) is 10.9. The molecule has 0 aliphatic rings. The van der Waals surface area contributed by atoms with Gasteiger partial charge in [-0.2, -0.15) is 5.10 Å². The van der Waals surface area contributed by atoms with E-state index in [0.29, 0.717) is 33.0 Å². The predicted octanol–water partition coefficient (Wildman–Crippen LogP) is 4.95. The maximum Gasteiger partial charge on any atom is 0.256 e. The van der Waals surface area contributed by atoms with Crippen LogP contribution in [0.2, 0.25) is 5.02 Å². The quantitative estimate of drug-likeness (QED) is 0.520. The summed E-state index contributed by atoms with van der Waals surface area (Å²) in [5, 5.41) is 8.70. The second-order valence-electron chi connectivity index (χ2n) is 6.64. The second kappa shape index (κ2) is 7.56. The number of fused-ring (bicyclic) bond motifs is 1. The smallest absolute Gasteiger partial charge is 0.256 e. The lowest BCUT2D eigenvalue weighted by molar-refractivity contribution is 0.102. The number of ether oxygens (including phenoxy) is 1. The number of para-hydroxylation sites is 1. The largest absolute Gasteiger partial charge is 0.497 e. The number of benzene rings is 2. The lowest BCUT2D eigenvalue weighted by atomic mass is 10.1. The average molecular weight is 407 g/mol. The number of amides is 1. The van der Waals surface area contributed by atoms with Crippen LogP contribution in [0.5, 0.6) is 5.75 Å². The van der Waals surface area contributed by atoms with Crippen molar-refractivity contribution >= 4 is 34.2 Å². The zero-order valence-electron chi connectivity index (χ0n) is 16.2. The SMILES string of the molecule is COc1ccc(-n2nc(C)c3c(C(=O)Nc4ccccc4Cl)cc(C)nc32)cc1. The van der Waals surface area contributed by atoms with Gasteiger partial charge in [-0.15, -0.1) is 0 Å². The average Bonchev–Trinajstić information content (AvgIpc) is 3.05. The molecule has 0 atom stereocenters. The molecule has 4 rings (SSSR count). The molecule has 0 bridgehead atoms. The fraction of sp³-hybridized carbons (Fsp3) is 0.136. The number of carbonyl (C=O) groups excluding carboxylic acids is 1. The molecular formula is C22H19ClN4O2. The molecule has 0 saturated heterocycles. The van der Waals surface area contributed by atoms with Crippen LogP contribution < -0.4 is 10.1 Å². The number of nitrogens with one attached hydrogen (secondary N) is 1. The van der Waals surface area contributed by atoms with Crippen molar-refractivity contribution in [1.29, 1.82) is 0 Å². The van der Waals surface area contributed by atoms with Gasteiger partial charge in [-0.05, 0) is 56.3 Å². The first-order valence-electron chi connectivity index (χ1n) is 9.05. The van der Waals surface area contributed by atoms with Gasteiger partial charge in [-0.1, -0.05) is 23.7 Å². The number of carbonyl (C=O) groups is 1. The van der Waals surface area contributed by atoms with Crippen LogP contribution in [-0.2, 0) is 0 Å². The Bertz CT molecular complexity index is 1220. The number of aromatic nitrogens is 3. The maximum absolute atomic E-state index is 13.1. The van der Waals surface area contributed by atoms with Crippen molar-refractivity contribution in [3.8, 4) is 11.4 Å². The molecule has 29 heavy (non-hydrogen) atoms. The number of aryl methyl sites for hydroxylation is 2. The summed E-state index contributed by atoms with van der Waals surface area (Å²) in [6.45, 7) is 3.72. The maximum atomic E-state index is 13.1. The Labute approximate surface area is 173 Å². The highest BCUT2D eigenvalue weighted by Crippen LogP contribution is 2.27. The van der Waals surface area contributed by atoms with Gasteiger partial charge in [0.1, 0.15) is 5.75 Å². The zero-order valence-corrected chi connectivity index (χ0v) is 17.0. The molecule has 1 amide bonds. The van der Waals surface area contributed by atoms with Crippen LogP contribution >= 0.6 is 11.6 Å². The highest BCUT2D eigenvalue weighted by molar-refractivity contribution is 6.34. The molecule has 146 valence electrons. The van der Waals surface area contributed by atoms with Crippen molar-refractivity contribution in [2.75, 3.05) is 12.4 Å². The molecule has 0 aliphatic carbocycles. The Morgan fingerprint density at radius 2 is 1.83 bits per heavy atom. The highest BCUT2D eigenvalue weighted by atomic mass is 35.5. The molecule has 0 unspecified atom stereocenters. The Morgan fingerprint density at radius 3 is 2.52 bits per heavy atom. The summed E-state index contributed by atoms with van der Waals surface area (Å²) >= 11 is 6.19. The van der Waals surface area contributed by atoms with Gasteiger partial charge in [-0.25, -0.2) is 9.67 Å². The zero-order chi connectivity index (χ0) is 20.5. The van der Waals surface area contributed by atoms with Crippen molar-refractivity contribution in [3.05, 3.63) is 76.6 Å². The van der Waals surface area contributed by atoms with Crippen LogP contribution in [0.4, 0.5) is 5.69 Å². The molecule has 7 heteroatoms. The van der Waals surface area contributed by atoms with E-state index in [9.17, 15) is 4.79 Å². The second-order valence-corrected chi connectivity index (χ2v) is 7.05. The van der Waals surface area contributed by atoms with Crippen LogP contribution in [-0.4, -0.2) is 27.8 Å². The number of hydrogen-bond acceptors (Lipinski definition) is 4. The molecule has 0 aliphatic heterocycles. The van der Waals surface area contributed by atoms with E-state index in [0.717, 1.165) is 17.1 Å². The van der Waals surface area contributed by atoms with Gasteiger partial charge < -0.3 is 10.1 Å². The molecule has 0 spiro atoms. The summed E-state index contributed by atoms with van der Waals surface area (Å²) in [6, 6.07) is 16.4. The molecule has 6 nitrogen and oxygen atoms in total. The van der Waals surface area contributed by atoms with Crippen molar-refractivity contribution in [2.24, 2.45) is 0 Å². The van der Waals surface area contributed by atoms with Crippen molar-refractivity contribution in [3.63, 3.8) is 0 Å². The van der Waals surface area contributed by atoms with E-state index in [2.05, 4.69) is 15.4 Å². The summed E-state index contributed by atoms with van der Waals surface area (Å²) in [6.07, 6.45) is 0. The number of halogens is 1. The highest BCUT2D eigenvalue weighted by Gasteiger charge is 2.20. The van der Waals surface area contributed by atoms with Crippen molar-refractivity contribution < 1.29 is 9.53 Å². The van der Waals surface area contributed by atoms with Crippen LogP contribution in [0, 0.1) is 13.8 Å². The minimum absolute atomic E-state index is 0.258. The number of pyridine rings is 1. The van der Waals surface area contributed by atoms with Gasteiger partial charge in [0, 0.05) is 5.69 Å². The molecular weight excluding hydrogens is 388 g/mol. The number of anilines is 1.